The van der Waals surface area contributed by atoms with Gasteiger partial charge >= 0.3 is 0 Å². The normalized spacial score (nSPS) is 13.3. The number of hydrogen-bond acceptors (Lipinski definition) is 4. The number of amides is 2. The maximum absolute atomic E-state index is 14.5. The Labute approximate surface area is 264 Å². The molecule has 3 aromatic carbocycles. The summed E-state index contributed by atoms with van der Waals surface area (Å²) in [5, 5.41) is 0. The number of aryl methyl sites for hydroxylation is 1. The Morgan fingerprint density at radius 3 is 2.31 bits per heavy atom. The maximum atomic E-state index is 14.5. The molecule has 2 amide bonds. The molecule has 2 aromatic heterocycles. The van der Waals surface area contributed by atoms with E-state index < -0.39 is 6.04 Å². The van der Waals surface area contributed by atoms with E-state index in [0.29, 0.717) is 19.5 Å². The van der Waals surface area contributed by atoms with Gasteiger partial charge < -0.3 is 9.80 Å². The number of aromatic nitrogens is 2. The molecule has 6 rings (SSSR count). The van der Waals surface area contributed by atoms with Gasteiger partial charge in [-0.15, -0.1) is 0 Å². The molecule has 1 aliphatic rings. The smallest absolute Gasteiger partial charge is 0.247 e. The van der Waals surface area contributed by atoms with Crippen molar-refractivity contribution in [3.8, 4) is 11.3 Å². The van der Waals surface area contributed by atoms with Crippen LogP contribution in [0.5, 0.6) is 0 Å². The van der Waals surface area contributed by atoms with Crippen LogP contribution < -0.4 is 0 Å². The van der Waals surface area contributed by atoms with Gasteiger partial charge in [0.05, 0.1) is 5.69 Å². The molecule has 0 radical (unpaired) electrons. The lowest BCUT2D eigenvalue weighted by Gasteiger charge is -2.37. The van der Waals surface area contributed by atoms with Gasteiger partial charge in [0.15, 0.2) is 0 Å². The molecular weight excluding hydrogens is 556 g/mol. The fourth-order valence-electron chi connectivity index (χ4n) is 5.76. The van der Waals surface area contributed by atoms with Crippen LogP contribution in [0.15, 0.2) is 128 Å². The Kier molecular flexibility index (Phi) is 9.21. The molecule has 3 heterocycles. The molecule has 0 bridgehead atoms. The molecule has 1 atom stereocenters. The summed E-state index contributed by atoms with van der Waals surface area (Å²) in [4.78, 5) is 41.1. The number of nitrogens with zero attached hydrogens (tertiary/aromatic N) is 4. The standard InChI is InChI=1S/C39H36N4O2/c1-29-14-15-31(26-41-29)18-21-38(44)43(27-32-16-19-34(20-17-32)36-13-7-8-23-40-36)37(25-30-9-3-2-4-10-30)39(45)42-24-22-33-11-5-6-12-35(33)28-42/h2-21,23,26,37H,22,24-25,27-28H2,1H3/b21-18+/t37-/m0/s1. The first-order chi connectivity index (χ1) is 22.0. The average molecular weight is 593 g/mol. The third-order valence-electron chi connectivity index (χ3n) is 8.28. The third-order valence-corrected chi connectivity index (χ3v) is 8.28. The Morgan fingerprint density at radius 2 is 1.58 bits per heavy atom. The number of carbonyl (C=O) groups is 2. The Hall–Kier alpha value is -5.36. The van der Waals surface area contributed by atoms with Gasteiger partial charge in [0.25, 0.3) is 0 Å². The quantitative estimate of drug-likeness (QED) is 0.179. The van der Waals surface area contributed by atoms with Crippen LogP contribution in [-0.4, -0.2) is 44.2 Å². The minimum Gasteiger partial charge on any atom is -0.336 e. The molecule has 0 saturated carbocycles. The third kappa shape index (κ3) is 7.42. The van der Waals surface area contributed by atoms with Gasteiger partial charge in [0.1, 0.15) is 6.04 Å². The SMILES string of the molecule is Cc1ccc(/C=C/C(=O)N(Cc2ccc(-c3ccccn3)cc2)[C@@H](Cc2ccccc2)C(=O)N2CCc3ccccc3C2)cn1. The van der Waals surface area contributed by atoms with Crippen molar-refractivity contribution in [2.45, 2.75) is 38.9 Å². The van der Waals surface area contributed by atoms with Crippen molar-refractivity contribution >= 4 is 17.9 Å². The highest BCUT2D eigenvalue weighted by atomic mass is 16.2. The summed E-state index contributed by atoms with van der Waals surface area (Å²) in [5.74, 6) is -0.270. The van der Waals surface area contributed by atoms with Crippen LogP contribution in [0.2, 0.25) is 0 Å². The average Bonchev–Trinajstić information content (AvgIpc) is 3.10. The lowest BCUT2D eigenvalue weighted by molar-refractivity contribution is -0.144. The van der Waals surface area contributed by atoms with E-state index in [1.165, 1.54) is 5.56 Å². The Balaban J connectivity index is 1.34. The van der Waals surface area contributed by atoms with Crippen LogP contribution in [0.4, 0.5) is 0 Å². The highest BCUT2D eigenvalue weighted by molar-refractivity contribution is 5.95. The predicted octanol–water partition coefficient (Wildman–Crippen LogP) is 6.69. The summed E-state index contributed by atoms with van der Waals surface area (Å²) < 4.78 is 0. The molecule has 45 heavy (non-hydrogen) atoms. The van der Waals surface area contributed by atoms with Crippen LogP contribution in [-0.2, 0) is 35.5 Å². The van der Waals surface area contributed by atoms with Crippen molar-refractivity contribution in [1.82, 2.24) is 19.8 Å². The molecular formula is C39H36N4O2. The first-order valence-electron chi connectivity index (χ1n) is 15.3. The van der Waals surface area contributed by atoms with E-state index in [0.717, 1.165) is 45.6 Å². The monoisotopic (exact) mass is 592 g/mol. The fraction of sp³-hybridized carbons (Fsp3) is 0.179. The van der Waals surface area contributed by atoms with Gasteiger partial charge in [0, 0.05) is 55.8 Å². The predicted molar refractivity (Wildman–Crippen MR) is 178 cm³/mol. The van der Waals surface area contributed by atoms with Crippen molar-refractivity contribution in [2.24, 2.45) is 0 Å². The lowest BCUT2D eigenvalue weighted by atomic mass is 9.97. The lowest BCUT2D eigenvalue weighted by Crippen LogP contribution is -2.52. The molecule has 0 aliphatic carbocycles. The van der Waals surface area contributed by atoms with Gasteiger partial charge in [-0.2, -0.15) is 0 Å². The first-order valence-corrected chi connectivity index (χ1v) is 15.3. The van der Waals surface area contributed by atoms with E-state index >= 15 is 0 Å². The van der Waals surface area contributed by atoms with E-state index in [9.17, 15) is 9.59 Å². The minimum absolute atomic E-state index is 0.0442. The van der Waals surface area contributed by atoms with Gasteiger partial charge in [-0.1, -0.05) is 91.0 Å². The molecule has 0 unspecified atom stereocenters. The zero-order valence-electron chi connectivity index (χ0n) is 25.4. The number of fused-ring (bicyclic) bond motifs is 1. The van der Waals surface area contributed by atoms with Crippen molar-refractivity contribution < 1.29 is 9.59 Å². The molecule has 0 saturated heterocycles. The summed E-state index contributed by atoms with van der Waals surface area (Å²) in [6, 6.07) is 35.3. The van der Waals surface area contributed by atoms with Gasteiger partial charge in [-0.3, -0.25) is 19.6 Å². The summed E-state index contributed by atoms with van der Waals surface area (Å²) in [6.07, 6.45) is 8.06. The van der Waals surface area contributed by atoms with E-state index in [1.807, 2.05) is 109 Å². The number of carbonyl (C=O) groups excluding carboxylic acids is 2. The minimum atomic E-state index is -0.693. The number of benzene rings is 3. The van der Waals surface area contributed by atoms with E-state index in [1.54, 1.807) is 29.4 Å². The molecule has 0 fully saturated rings. The second-order valence-electron chi connectivity index (χ2n) is 11.4. The van der Waals surface area contributed by atoms with Crippen molar-refractivity contribution in [2.75, 3.05) is 6.54 Å². The second-order valence-corrected chi connectivity index (χ2v) is 11.4. The highest BCUT2D eigenvalue weighted by Gasteiger charge is 2.34. The molecule has 6 heteroatoms. The number of pyridine rings is 2. The van der Waals surface area contributed by atoms with Crippen molar-refractivity contribution in [3.63, 3.8) is 0 Å². The molecule has 6 nitrogen and oxygen atoms in total. The summed E-state index contributed by atoms with van der Waals surface area (Å²) >= 11 is 0. The van der Waals surface area contributed by atoms with Gasteiger partial charge in [-0.25, -0.2) is 0 Å². The Bertz CT molecular complexity index is 1770. The fourth-order valence-corrected chi connectivity index (χ4v) is 5.76. The van der Waals surface area contributed by atoms with Crippen molar-refractivity contribution in [1.29, 1.82) is 0 Å². The molecule has 224 valence electrons. The summed E-state index contributed by atoms with van der Waals surface area (Å²) in [7, 11) is 0. The van der Waals surface area contributed by atoms with E-state index in [2.05, 4.69) is 22.1 Å². The molecule has 0 spiro atoms. The maximum Gasteiger partial charge on any atom is 0.247 e. The van der Waals surface area contributed by atoms with Crippen LogP contribution in [0.25, 0.3) is 17.3 Å². The van der Waals surface area contributed by atoms with E-state index in [4.69, 9.17) is 0 Å². The Morgan fingerprint density at radius 1 is 0.822 bits per heavy atom. The zero-order chi connectivity index (χ0) is 31.0. The zero-order valence-corrected chi connectivity index (χ0v) is 25.4. The second kappa shape index (κ2) is 14.0. The van der Waals surface area contributed by atoms with Crippen LogP contribution in [0, 0.1) is 6.92 Å². The van der Waals surface area contributed by atoms with Gasteiger partial charge in [0.2, 0.25) is 11.8 Å². The van der Waals surface area contributed by atoms with Gasteiger partial charge in [-0.05, 0) is 65.4 Å². The highest BCUT2D eigenvalue weighted by Crippen LogP contribution is 2.24. The van der Waals surface area contributed by atoms with Crippen LogP contribution in [0.3, 0.4) is 0 Å². The van der Waals surface area contributed by atoms with Crippen LogP contribution >= 0.6 is 0 Å². The van der Waals surface area contributed by atoms with Crippen molar-refractivity contribution in [3.05, 3.63) is 161 Å². The molecule has 0 N–H and O–H groups in total. The number of hydrogen-bond donors (Lipinski definition) is 0. The largest absolute Gasteiger partial charge is 0.336 e. The summed E-state index contributed by atoms with van der Waals surface area (Å²) in [6.45, 7) is 3.36. The topological polar surface area (TPSA) is 66.4 Å². The summed E-state index contributed by atoms with van der Waals surface area (Å²) in [5.41, 5.74) is 7.98. The molecule has 5 aromatic rings. The first kappa shape index (κ1) is 29.7. The number of rotatable bonds is 9. The van der Waals surface area contributed by atoms with E-state index in [-0.39, 0.29) is 18.4 Å². The van der Waals surface area contributed by atoms with Crippen LogP contribution in [0.1, 0.15) is 33.5 Å². The molecule has 1 aliphatic heterocycles.